The molecule has 2 aromatic carbocycles. The Bertz CT molecular complexity index is 1500. The normalized spacial score (nSPS) is 15.4. The summed E-state index contributed by atoms with van der Waals surface area (Å²) >= 11 is 1.29. The first-order valence-electron chi connectivity index (χ1n) is 12.8. The minimum atomic E-state index is -0.176. The molecule has 1 fully saturated rings. The lowest BCUT2D eigenvalue weighted by Crippen LogP contribution is -2.40. The predicted octanol–water partition coefficient (Wildman–Crippen LogP) is 5.96. The zero-order valence-electron chi connectivity index (χ0n) is 20.8. The van der Waals surface area contributed by atoms with Gasteiger partial charge in [0.15, 0.2) is 5.16 Å². The van der Waals surface area contributed by atoms with Crippen molar-refractivity contribution >= 4 is 23.4 Å². The quantitative estimate of drug-likeness (QED) is 0.255. The Labute approximate surface area is 220 Å². The van der Waals surface area contributed by atoms with E-state index in [1.165, 1.54) is 17.3 Å². The predicted molar refractivity (Wildman–Crippen MR) is 146 cm³/mol. The summed E-state index contributed by atoms with van der Waals surface area (Å²) < 4.78 is 7.31. The van der Waals surface area contributed by atoms with E-state index in [2.05, 4.69) is 23.5 Å². The van der Waals surface area contributed by atoms with E-state index in [-0.39, 0.29) is 29.2 Å². The molecule has 2 heterocycles. The molecule has 2 aliphatic rings. The number of anilines is 1. The summed E-state index contributed by atoms with van der Waals surface area (Å²) in [4.78, 5) is 32.2. The number of amides is 1. The van der Waals surface area contributed by atoms with Gasteiger partial charge in [-0.3, -0.25) is 14.2 Å². The number of furan rings is 1. The second-order valence-corrected chi connectivity index (χ2v) is 11.1. The molecule has 4 aromatic rings. The third-order valence-corrected chi connectivity index (χ3v) is 8.56. The number of rotatable bonds is 6. The summed E-state index contributed by atoms with van der Waals surface area (Å²) in [5, 5.41) is 3.47. The van der Waals surface area contributed by atoms with Crippen molar-refractivity contribution in [1.29, 1.82) is 0 Å². The van der Waals surface area contributed by atoms with Crippen LogP contribution in [0.25, 0.3) is 11.3 Å². The molecule has 37 heavy (non-hydrogen) atoms. The van der Waals surface area contributed by atoms with Gasteiger partial charge in [-0.15, -0.1) is 0 Å². The second kappa shape index (κ2) is 9.71. The van der Waals surface area contributed by atoms with Crippen molar-refractivity contribution in [2.75, 3.05) is 11.1 Å². The third-order valence-electron chi connectivity index (χ3n) is 7.59. The average Bonchev–Trinajstić information content (AvgIpc) is 3.58. The number of fused-ring (bicyclic) bond motifs is 4. The van der Waals surface area contributed by atoms with Crippen LogP contribution in [0.4, 0.5) is 5.69 Å². The highest BCUT2D eigenvalue weighted by Gasteiger charge is 2.44. The van der Waals surface area contributed by atoms with Gasteiger partial charge >= 0.3 is 0 Å². The molecule has 0 bridgehead atoms. The molecule has 2 aromatic heterocycles. The Hall–Kier alpha value is -3.58. The van der Waals surface area contributed by atoms with Crippen molar-refractivity contribution in [3.05, 3.63) is 99.7 Å². The van der Waals surface area contributed by atoms with Crippen LogP contribution in [0.3, 0.4) is 0 Å². The Morgan fingerprint density at radius 2 is 1.86 bits per heavy atom. The molecule has 0 unspecified atom stereocenters. The number of thioether (sulfide) groups is 1. The lowest BCUT2D eigenvalue weighted by atomic mass is 9.68. The van der Waals surface area contributed by atoms with Crippen LogP contribution in [-0.4, -0.2) is 21.2 Å². The van der Waals surface area contributed by atoms with E-state index >= 15 is 0 Å². The number of hydrogen-bond donors (Lipinski definition) is 1. The Morgan fingerprint density at radius 3 is 2.62 bits per heavy atom. The molecular weight excluding hydrogens is 482 g/mol. The molecule has 188 valence electrons. The summed E-state index contributed by atoms with van der Waals surface area (Å²) in [6, 6.07) is 19.7. The van der Waals surface area contributed by atoms with Crippen LogP contribution in [0.15, 0.2) is 81.3 Å². The molecule has 7 heteroatoms. The van der Waals surface area contributed by atoms with Gasteiger partial charge in [-0.25, -0.2) is 4.98 Å². The van der Waals surface area contributed by atoms with Crippen LogP contribution in [0, 0.1) is 6.92 Å². The summed E-state index contributed by atoms with van der Waals surface area (Å²) in [5.74, 6) is 0.689. The molecule has 0 saturated heterocycles. The van der Waals surface area contributed by atoms with Gasteiger partial charge in [0, 0.05) is 16.7 Å². The van der Waals surface area contributed by atoms with E-state index in [9.17, 15) is 9.59 Å². The topological polar surface area (TPSA) is 77.1 Å². The molecule has 0 atom stereocenters. The van der Waals surface area contributed by atoms with Crippen molar-refractivity contribution in [2.24, 2.45) is 0 Å². The molecule has 6 nitrogen and oxygen atoms in total. The summed E-state index contributed by atoms with van der Waals surface area (Å²) in [6.45, 7) is 2.29. The Kier molecular flexibility index (Phi) is 6.24. The summed E-state index contributed by atoms with van der Waals surface area (Å²) in [7, 11) is 0. The lowest BCUT2D eigenvalue weighted by molar-refractivity contribution is -0.113. The number of nitrogens with one attached hydrogen (secondary N) is 1. The van der Waals surface area contributed by atoms with Crippen LogP contribution in [0.2, 0.25) is 0 Å². The maximum Gasteiger partial charge on any atom is 0.258 e. The van der Waals surface area contributed by atoms with Crippen molar-refractivity contribution in [3.8, 4) is 11.3 Å². The summed E-state index contributed by atoms with van der Waals surface area (Å²) in [6.07, 6.45) is 6.72. The zero-order chi connectivity index (χ0) is 25.4. The first kappa shape index (κ1) is 23.8. The summed E-state index contributed by atoms with van der Waals surface area (Å²) in [5.41, 5.74) is 5.59. The number of nitrogens with zero attached hydrogens (tertiary/aromatic N) is 2. The van der Waals surface area contributed by atoms with E-state index in [1.807, 2.05) is 49.4 Å². The number of carbonyl (C=O) groups is 1. The number of hydrogen-bond acceptors (Lipinski definition) is 5. The van der Waals surface area contributed by atoms with Crippen molar-refractivity contribution < 1.29 is 9.21 Å². The van der Waals surface area contributed by atoms with Gasteiger partial charge in [-0.2, -0.15) is 0 Å². The van der Waals surface area contributed by atoms with Crippen LogP contribution >= 0.6 is 11.8 Å². The Balaban J connectivity index is 1.40. The molecule has 1 saturated carbocycles. The van der Waals surface area contributed by atoms with Gasteiger partial charge in [0.1, 0.15) is 5.76 Å². The minimum Gasteiger partial charge on any atom is -0.467 e. The average molecular weight is 512 g/mol. The maximum atomic E-state index is 14.3. The highest BCUT2D eigenvalue weighted by atomic mass is 32.2. The number of benzene rings is 2. The molecule has 0 aliphatic heterocycles. The van der Waals surface area contributed by atoms with Crippen molar-refractivity contribution in [3.63, 3.8) is 0 Å². The highest BCUT2D eigenvalue weighted by molar-refractivity contribution is 7.99. The smallest absolute Gasteiger partial charge is 0.258 e. The van der Waals surface area contributed by atoms with Gasteiger partial charge < -0.3 is 9.73 Å². The second-order valence-electron chi connectivity index (χ2n) is 10.1. The van der Waals surface area contributed by atoms with Gasteiger partial charge in [0.2, 0.25) is 5.91 Å². The number of aryl methyl sites for hydroxylation is 1. The first-order chi connectivity index (χ1) is 18.0. The molecule has 0 radical (unpaired) electrons. The van der Waals surface area contributed by atoms with Gasteiger partial charge in [0.25, 0.3) is 5.56 Å². The van der Waals surface area contributed by atoms with E-state index in [1.54, 1.807) is 10.8 Å². The number of aromatic nitrogens is 2. The Morgan fingerprint density at radius 1 is 1.08 bits per heavy atom. The van der Waals surface area contributed by atoms with Gasteiger partial charge in [-0.1, -0.05) is 66.6 Å². The van der Waals surface area contributed by atoms with E-state index in [0.29, 0.717) is 10.9 Å². The molecule has 2 aliphatic carbocycles. The van der Waals surface area contributed by atoms with Crippen molar-refractivity contribution in [2.45, 2.75) is 56.1 Å². The number of carbonyl (C=O) groups excluding carboxylic acids is 1. The van der Waals surface area contributed by atoms with Crippen molar-refractivity contribution in [1.82, 2.24) is 9.55 Å². The first-order valence-corrected chi connectivity index (χ1v) is 13.8. The van der Waals surface area contributed by atoms with Crippen LogP contribution in [0.1, 0.15) is 48.1 Å². The fourth-order valence-electron chi connectivity index (χ4n) is 5.82. The molecule has 6 rings (SSSR count). The fraction of sp³-hybridized carbons (Fsp3) is 0.300. The largest absolute Gasteiger partial charge is 0.467 e. The molecular formula is C30H29N3O3S. The molecule has 1 spiro atoms. The van der Waals surface area contributed by atoms with E-state index < -0.39 is 0 Å². The maximum absolute atomic E-state index is 14.3. The van der Waals surface area contributed by atoms with Crippen LogP contribution in [0.5, 0.6) is 0 Å². The lowest BCUT2D eigenvalue weighted by Gasteiger charge is -2.36. The van der Waals surface area contributed by atoms with Gasteiger partial charge in [0.05, 0.1) is 29.8 Å². The van der Waals surface area contributed by atoms with Crippen LogP contribution < -0.4 is 10.9 Å². The minimum absolute atomic E-state index is 0.0146. The fourth-order valence-corrected chi connectivity index (χ4v) is 6.61. The van der Waals surface area contributed by atoms with E-state index in [0.717, 1.165) is 60.2 Å². The zero-order valence-corrected chi connectivity index (χ0v) is 21.6. The monoisotopic (exact) mass is 511 g/mol. The standard InChI is InChI=1S/C30H29N3O3S/c1-20-10-12-22(13-11-20)31-25(34)19-37-29-32-27-24-9-3-2-7-21(24)17-30(14-4-5-15-30)26(27)28(35)33(29)18-23-8-6-16-36-23/h2-3,6-13,16H,4-5,14-15,17-19H2,1H3,(H,31,34). The SMILES string of the molecule is Cc1ccc(NC(=O)CSc2nc3c(c(=O)n2Cc2ccco2)C2(CCCC2)Cc2ccccc2-3)cc1. The van der Waals surface area contributed by atoms with E-state index in [4.69, 9.17) is 9.40 Å². The highest BCUT2D eigenvalue weighted by Crippen LogP contribution is 2.50. The third kappa shape index (κ3) is 4.53. The van der Waals surface area contributed by atoms with Crippen LogP contribution in [-0.2, 0) is 23.2 Å². The van der Waals surface area contributed by atoms with Gasteiger partial charge in [-0.05, 0) is 56.0 Å². The molecule has 1 amide bonds. The molecule has 1 N–H and O–H groups in total.